The molecule has 1 amide bonds. The van der Waals surface area contributed by atoms with Crippen molar-refractivity contribution in [2.24, 2.45) is 0 Å². The molecule has 0 saturated carbocycles. The van der Waals surface area contributed by atoms with E-state index in [4.69, 9.17) is 11.6 Å². The van der Waals surface area contributed by atoms with E-state index >= 15 is 0 Å². The lowest BCUT2D eigenvalue weighted by Gasteiger charge is -2.25. The topological polar surface area (TPSA) is 63.1 Å². The van der Waals surface area contributed by atoms with Gasteiger partial charge in [0.25, 0.3) is 0 Å². The molecule has 4 rings (SSSR count). The standard InChI is InChI=1S/C26H26ClN5OS/c1-3-31-24(18-28-23-17-11-10-16-22(23)27)29-30-26(31)34-19(2)25(33)32(20-12-6-4-7-13-20)21-14-8-5-9-15-21/h4-17,19,28H,3,18H2,1-2H3/t19-/m0/s1. The van der Waals surface area contributed by atoms with Crippen LogP contribution in [0.3, 0.4) is 0 Å². The van der Waals surface area contributed by atoms with E-state index < -0.39 is 0 Å². The molecular weight excluding hydrogens is 466 g/mol. The van der Waals surface area contributed by atoms with Crippen LogP contribution in [0.2, 0.25) is 5.02 Å². The van der Waals surface area contributed by atoms with Gasteiger partial charge in [-0.1, -0.05) is 71.9 Å². The summed E-state index contributed by atoms with van der Waals surface area (Å²) in [5.41, 5.74) is 2.49. The molecule has 0 saturated heterocycles. The normalized spacial score (nSPS) is 11.7. The Balaban J connectivity index is 1.52. The number of amides is 1. The third kappa shape index (κ3) is 5.43. The van der Waals surface area contributed by atoms with Crippen molar-refractivity contribution in [3.63, 3.8) is 0 Å². The number of aromatic nitrogens is 3. The Morgan fingerprint density at radius 2 is 1.56 bits per heavy atom. The second-order valence-electron chi connectivity index (χ2n) is 7.58. The van der Waals surface area contributed by atoms with Crippen molar-refractivity contribution < 1.29 is 4.79 Å². The molecular formula is C26H26ClN5OS. The number of anilines is 3. The number of carbonyl (C=O) groups excluding carboxylic acids is 1. The molecule has 174 valence electrons. The summed E-state index contributed by atoms with van der Waals surface area (Å²) in [6.07, 6.45) is 0. The zero-order valence-corrected chi connectivity index (χ0v) is 20.6. The van der Waals surface area contributed by atoms with Gasteiger partial charge in [-0.3, -0.25) is 9.69 Å². The molecule has 0 unspecified atom stereocenters. The molecule has 0 spiro atoms. The molecule has 0 aliphatic heterocycles. The number of nitrogens with zero attached hydrogens (tertiary/aromatic N) is 4. The summed E-state index contributed by atoms with van der Waals surface area (Å²) >= 11 is 7.66. The quantitative estimate of drug-likeness (QED) is 0.274. The van der Waals surface area contributed by atoms with Crippen LogP contribution in [0.4, 0.5) is 17.1 Å². The van der Waals surface area contributed by atoms with Crippen LogP contribution in [0.25, 0.3) is 0 Å². The minimum atomic E-state index is -0.376. The summed E-state index contributed by atoms with van der Waals surface area (Å²) in [6, 6.07) is 27.0. The SMILES string of the molecule is CCn1c(CNc2ccccc2Cl)nnc1S[C@@H](C)C(=O)N(c1ccccc1)c1ccccc1. The number of hydrogen-bond donors (Lipinski definition) is 1. The maximum atomic E-state index is 13.6. The summed E-state index contributed by atoms with van der Waals surface area (Å²) in [6.45, 7) is 5.12. The van der Waals surface area contributed by atoms with Crippen molar-refractivity contribution in [3.05, 3.63) is 95.8 Å². The largest absolute Gasteiger partial charge is 0.377 e. The Hall–Kier alpha value is -3.29. The highest BCUT2D eigenvalue weighted by Gasteiger charge is 2.26. The van der Waals surface area contributed by atoms with Crippen LogP contribution in [0.1, 0.15) is 19.7 Å². The van der Waals surface area contributed by atoms with Gasteiger partial charge in [-0.25, -0.2) is 0 Å². The number of carbonyl (C=O) groups is 1. The first-order chi connectivity index (χ1) is 16.6. The molecule has 4 aromatic rings. The minimum Gasteiger partial charge on any atom is -0.377 e. The van der Waals surface area contributed by atoms with Gasteiger partial charge in [0.15, 0.2) is 11.0 Å². The van der Waals surface area contributed by atoms with Gasteiger partial charge in [0.2, 0.25) is 5.91 Å². The fourth-order valence-corrected chi connectivity index (χ4v) is 4.76. The maximum absolute atomic E-state index is 13.6. The van der Waals surface area contributed by atoms with Gasteiger partial charge >= 0.3 is 0 Å². The van der Waals surface area contributed by atoms with Gasteiger partial charge in [0.05, 0.1) is 22.5 Å². The van der Waals surface area contributed by atoms with Crippen molar-refractivity contribution in [1.29, 1.82) is 0 Å². The monoisotopic (exact) mass is 491 g/mol. The van der Waals surface area contributed by atoms with Crippen LogP contribution in [-0.2, 0) is 17.9 Å². The van der Waals surface area contributed by atoms with E-state index in [1.165, 1.54) is 11.8 Å². The lowest BCUT2D eigenvalue weighted by molar-refractivity contribution is -0.117. The summed E-state index contributed by atoms with van der Waals surface area (Å²) in [5.74, 6) is 0.760. The van der Waals surface area contributed by atoms with E-state index in [-0.39, 0.29) is 11.2 Å². The summed E-state index contributed by atoms with van der Waals surface area (Å²) in [4.78, 5) is 15.4. The van der Waals surface area contributed by atoms with Crippen LogP contribution in [0, 0.1) is 0 Å². The fraction of sp³-hybridized carbons (Fsp3) is 0.192. The van der Waals surface area contributed by atoms with E-state index in [0.717, 1.165) is 22.9 Å². The fourth-order valence-electron chi connectivity index (χ4n) is 3.58. The molecule has 0 aliphatic carbocycles. The number of benzene rings is 3. The minimum absolute atomic E-state index is 0.0243. The van der Waals surface area contributed by atoms with E-state index in [9.17, 15) is 4.79 Å². The average Bonchev–Trinajstić information content (AvgIpc) is 3.26. The first-order valence-corrected chi connectivity index (χ1v) is 12.4. The molecule has 0 bridgehead atoms. The Kier molecular flexibility index (Phi) is 7.87. The first-order valence-electron chi connectivity index (χ1n) is 11.1. The number of rotatable bonds is 9. The predicted molar refractivity (Wildman–Crippen MR) is 140 cm³/mol. The van der Waals surface area contributed by atoms with Gasteiger partial charge in [0.1, 0.15) is 0 Å². The third-order valence-corrected chi connectivity index (χ3v) is 6.70. The third-order valence-electron chi connectivity index (χ3n) is 5.30. The number of halogens is 1. The zero-order chi connectivity index (χ0) is 23.9. The van der Waals surface area contributed by atoms with Gasteiger partial charge in [0, 0.05) is 17.9 Å². The average molecular weight is 492 g/mol. The maximum Gasteiger partial charge on any atom is 0.244 e. The number of hydrogen-bond acceptors (Lipinski definition) is 5. The molecule has 3 aromatic carbocycles. The highest BCUT2D eigenvalue weighted by Crippen LogP contribution is 2.31. The first kappa shape index (κ1) is 23.9. The number of thioether (sulfide) groups is 1. The van der Waals surface area contributed by atoms with Crippen LogP contribution in [0.15, 0.2) is 90.1 Å². The van der Waals surface area contributed by atoms with Crippen LogP contribution in [0.5, 0.6) is 0 Å². The smallest absolute Gasteiger partial charge is 0.244 e. The highest BCUT2D eigenvalue weighted by atomic mass is 35.5. The summed E-state index contributed by atoms with van der Waals surface area (Å²) < 4.78 is 2.02. The molecule has 0 fully saturated rings. The van der Waals surface area contributed by atoms with E-state index in [1.54, 1.807) is 4.90 Å². The Bertz CT molecular complexity index is 1190. The van der Waals surface area contributed by atoms with Gasteiger partial charge in [-0.05, 0) is 50.2 Å². The molecule has 0 aliphatic rings. The van der Waals surface area contributed by atoms with Gasteiger partial charge < -0.3 is 9.88 Å². The van der Waals surface area contributed by atoms with E-state index in [1.807, 2.05) is 103 Å². The summed E-state index contributed by atoms with van der Waals surface area (Å²) in [7, 11) is 0. The molecule has 1 atom stereocenters. The number of para-hydroxylation sites is 3. The van der Waals surface area contributed by atoms with Crippen molar-refractivity contribution >= 4 is 46.3 Å². The number of nitrogens with one attached hydrogen (secondary N) is 1. The molecule has 8 heteroatoms. The molecule has 1 aromatic heterocycles. The molecule has 1 N–H and O–H groups in total. The van der Waals surface area contributed by atoms with Crippen LogP contribution in [-0.4, -0.2) is 25.9 Å². The van der Waals surface area contributed by atoms with Crippen molar-refractivity contribution in [2.75, 3.05) is 10.2 Å². The zero-order valence-electron chi connectivity index (χ0n) is 19.1. The molecule has 34 heavy (non-hydrogen) atoms. The predicted octanol–water partition coefficient (Wildman–Crippen LogP) is 6.41. The van der Waals surface area contributed by atoms with Crippen molar-refractivity contribution in [1.82, 2.24) is 14.8 Å². The van der Waals surface area contributed by atoms with Crippen molar-refractivity contribution in [3.8, 4) is 0 Å². The van der Waals surface area contributed by atoms with Gasteiger partial charge in [-0.15, -0.1) is 10.2 Å². The molecule has 1 heterocycles. The Morgan fingerprint density at radius 3 is 2.15 bits per heavy atom. The highest BCUT2D eigenvalue weighted by molar-refractivity contribution is 8.00. The second-order valence-corrected chi connectivity index (χ2v) is 9.30. The van der Waals surface area contributed by atoms with Gasteiger partial charge in [-0.2, -0.15) is 0 Å². The molecule has 6 nitrogen and oxygen atoms in total. The van der Waals surface area contributed by atoms with E-state index in [2.05, 4.69) is 15.5 Å². The Morgan fingerprint density at radius 1 is 0.971 bits per heavy atom. The van der Waals surface area contributed by atoms with Crippen LogP contribution < -0.4 is 10.2 Å². The van der Waals surface area contributed by atoms with E-state index in [0.29, 0.717) is 23.3 Å². The Labute approximate surface area is 209 Å². The van der Waals surface area contributed by atoms with Crippen LogP contribution >= 0.6 is 23.4 Å². The second kappa shape index (κ2) is 11.2. The van der Waals surface area contributed by atoms with Crippen molar-refractivity contribution in [2.45, 2.75) is 37.3 Å². The lowest BCUT2D eigenvalue weighted by atomic mass is 10.2. The lowest BCUT2D eigenvalue weighted by Crippen LogP contribution is -2.33. The molecule has 0 radical (unpaired) electrons. The summed E-state index contributed by atoms with van der Waals surface area (Å²) in [5, 5.41) is 13.0.